The fourth-order valence-corrected chi connectivity index (χ4v) is 3.70. The van der Waals surface area contributed by atoms with Gasteiger partial charge in [0.1, 0.15) is 0 Å². The average molecular weight is 459 g/mol. The molecule has 34 heavy (non-hydrogen) atoms. The number of pyridine rings is 1. The summed E-state index contributed by atoms with van der Waals surface area (Å²) in [6, 6.07) is 10.1. The maximum atomic E-state index is 5.54. The van der Waals surface area contributed by atoms with E-state index in [9.17, 15) is 0 Å². The van der Waals surface area contributed by atoms with Crippen LogP contribution >= 0.6 is 0 Å². The molecule has 0 aliphatic carbocycles. The van der Waals surface area contributed by atoms with E-state index in [-0.39, 0.29) is 0 Å². The fourth-order valence-electron chi connectivity index (χ4n) is 3.70. The van der Waals surface area contributed by atoms with Gasteiger partial charge in [-0.1, -0.05) is 30.6 Å². The first-order valence-electron chi connectivity index (χ1n) is 11.6. The summed E-state index contributed by atoms with van der Waals surface area (Å²) in [5, 5.41) is 3.46. The van der Waals surface area contributed by atoms with Crippen molar-refractivity contribution in [2.75, 3.05) is 51.9 Å². The summed E-state index contributed by atoms with van der Waals surface area (Å²) in [7, 11) is 3.41. The number of nitrogens with one attached hydrogen (secondary N) is 1. The number of rotatable bonds is 9. The number of hydrogen-bond acceptors (Lipinski definition) is 6. The van der Waals surface area contributed by atoms with E-state index in [1.807, 2.05) is 25.3 Å². The van der Waals surface area contributed by atoms with Crippen molar-refractivity contribution >= 4 is 17.6 Å². The minimum Gasteiger partial charge on any atom is -0.481 e. The Bertz CT molecular complexity index is 1070. The Kier molecular flexibility index (Phi) is 9.75. The Morgan fingerprint density at radius 3 is 2.76 bits per heavy atom. The summed E-state index contributed by atoms with van der Waals surface area (Å²) in [6.07, 6.45) is 7.75. The van der Waals surface area contributed by atoms with Crippen molar-refractivity contribution < 1.29 is 9.47 Å². The molecule has 0 spiro atoms. The van der Waals surface area contributed by atoms with Crippen LogP contribution in [0.3, 0.4) is 0 Å². The largest absolute Gasteiger partial charge is 0.481 e. The van der Waals surface area contributed by atoms with Crippen LogP contribution in [-0.4, -0.2) is 58.2 Å². The van der Waals surface area contributed by atoms with Crippen molar-refractivity contribution in [2.24, 2.45) is 4.99 Å². The predicted molar refractivity (Wildman–Crippen MR) is 141 cm³/mol. The van der Waals surface area contributed by atoms with Crippen LogP contribution in [0.5, 0.6) is 5.88 Å². The van der Waals surface area contributed by atoms with Crippen LogP contribution in [0.25, 0.3) is 5.70 Å². The Hall–Kier alpha value is -3.56. The highest BCUT2D eigenvalue weighted by Gasteiger charge is 2.15. The third-order valence-electron chi connectivity index (χ3n) is 5.63. The Labute approximate surface area is 203 Å². The first kappa shape index (κ1) is 25.1. The van der Waals surface area contributed by atoms with Gasteiger partial charge in [0, 0.05) is 62.0 Å². The number of anilines is 1. The zero-order chi connectivity index (χ0) is 24.2. The van der Waals surface area contributed by atoms with Crippen molar-refractivity contribution in [3.63, 3.8) is 0 Å². The van der Waals surface area contributed by atoms with Gasteiger partial charge >= 0.3 is 0 Å². The predicted octanol–water partition coefficient (Wildman–Crippen LogP) is 4.31. The molecule has 0 saturated carbocycles. The molecule has 1 aromatic carbocycles. The van der Waals surface area contributed by atoms with Gasteiger partial charge in [-0.15, -0.1) is 0 Å². The molecule has 0 atom stereocenters. The topological polar surface area (TPSA) is 59.0 Å². The highest BCUT2D eigenvalue weighted by molar-refractivity contribution is 5.78. The minimum absolute atomic E-state index is 0.576. The summed E-state index contributed by atoms with van der Waals surface area (Å²) in [4.78, 5) is 10.7. The normalized spacial score (nSPS) is 14.0. The second-order valence-corrected chi connectivity index (χ2v) is 7.93. The lowest BCUT2D eigenvalue weighted by molar-refractivity contribution is 0.122. The van der Waals surface area contributed by atoms with Crippen LogP contribution < -0.4 is 15.0 Å². The molecule has 1 aliphatic heterocycles. The number of aromatic nitrogens is 1. The number of nitrogens with zero attached hydrogens (tertiary/aromatic N) is 3. The molecule has 1 N–H and O–H groups in total. The molecule has 0 bridgehead atoms. The molecule has 1 aliphatic rings. The molecule has 1 fully saturated rings. The van der Waals surface area contributed by atoms with E-state index in [1.165, 1.54) is 5.57 Å². The minimum atomic E-state index is 0.576. The summed E-state index contributed by atoms with van der Waals surface area (Å²) >= 11 is 0. The first-order valence-corrected chi connectivity index (χ1v) is 11.6. The number of allylic oxidation sites excluding steroid dienone is 2. The van der Waals surface area contributed by atoms with Crippen molar-refractivity contribution in [1.29, 1.82) is 0 Å². The molecule has 0 radical (unpaired) electrons. The molecule has 0 unspecified atom stereocenters. The second-order valence-electron chi connectivity index (χ2n) is 7.93. The summed E-state index contributed by atoms with van der Waals surface area (Å²) < 4.78 is 10.7. The van der Waals surface area contributed by atoms with Crippen LogP contribution in [0.1, 0.15) is 36.5 Å². The first-order chi connectivity index (χ1) is 16.6. The van der Waals surface area contributed by atoms with E-state index in [0.29, 0.717) is 5.88 Å². The number of benzene rings is 1. The van der Waals surface area contributed by atoms with E-state index < -0.39 is 0 Å². The lowest BCUT2D eigenvalue weighted by Gasteiger charge is -2.30. The Morgan fingerprint density at radius 1 is 1.26 bits per heavy atom. The van der Waals surface area contributed by atoms with Crippen LogP contribution in [0.4, 0.5) is 5.69 Å². The van der Waals surface area contributed by atoms with E-state index in [1.54, 1.807) is 20.4 Å². The van der Waals surface area contributed by atoms with Crippen LogP contribution in [0.15, 0.2) is 59.7 Å². The summed E-state index contributed by atoms with van der Waals surface area (Å²) in [5.41, 5.74) is 6.10. The number of morpholine rings is 1. The Balaban J connectivity index is 1.75. The number of ether oxygens (including phenoxy) is 2. The zero-order valence-corrected chi connectivity index (χ0v) is 20.4. The SMILES string of the molecule is C=C(NCCC/C(C=NC)=C/C)c1ccc(N2CCOCC2)c(C#Cc2ccc(OC)nc2)c1. The third kappa shape index (κ3) is 7.23. The van der Waals surface area contributed by atoms with Gasteiger partial charge < -0.3 is 19.7 Å². The molecule has 6 nitrogen and oxygen atoms in total. The van der Waals surface area contributed by atoms with Crippen LogP contribution in [-0.2, 0) is 4.74 Å². The maximum Gasteiger partial charge on any atom is 0.212 e. The van der Waals surface area contributed by atoms with Gasteiger partial charge in [-0.25, -0.2) is 4.98 Å². The standard InChI is InChI=1S/C28H34N4O2/c1-5-23(20-29-3)7-6-14-30-22(2)25-11-12-27(32-15-17-34-18-16-32)26(19-25)10-8-24-9-13-28(33-4)31-21-24/h5,9,11-13,19-21,30H,2,6-7,14-18H2,1,3-4H3/b23-5-,29-20?. The number of methoxy groups -OCH3 is 1. The number of aliphatic imine (C=N–C) groups is 1. The van der Waals surface area contributed by atoms with Gasteiger partial charge in [-0.2, -0.15) is 0 Å². The summed E-state index contributed by atoms with van der Waals surface area (Å²) in [6.45, 7) is 10.3. The second kappa shape index (κ2) is 13.2. The average Bonchev–Trinajstić information content (AvgIpc) is 2.89. The molecule has 1 aromatic heterocycles. The Morgan fingerprint density at radius 2 is 2.09 bits per heavy atom. The third-order valence-corrected chi connectivity index (χ3v) is 5.63. The zero-order valence-electron chi connectivity index (χ0n) is 20.4. The monoisotopic (exact) mass is 458 g/mol. The molecule has 1 saturated heterocycles. The molecule has 6 heteroatoms. The molecule has 178 valence electrons. The maximum absolute atomic E-state index is 5.54. The highest BCUT2D eigenvalue weighted by Crippen LogP contribution is 2.25. The van der Waals surface area contributed by atoms with Crippen molar-refractivity contribution in [3.8, 4) is 17.7 Å². The van der Waals surface area contributed by atoms with Gasteiger partial charge in [-0.3, -0.25) is 4.99 Å². The van der Waals surface area contributed by atoms with Crippen molar-refractivity contribution in [3.05, 3.63) is 71.4 Å². The molecule has 0 amide bonds. The molecular formula is C28H34N4O2. The molecule has 3 rings (SSSR count). The quantitative estimate of drug-likeness (QED) is 0.345. The molecule has 2 heterocycles. The van der Waals surface area contributed by atoms with E-state index in [0.717, 1.165) is 73.8 Å². The van der Waals surface area contributed by atoms with Gasteiger partial charge in [0.2, 0.25) is 5.88 Å². The van der Waals surface area contributed by atoms with Gasteiger partial charge in [0.05, 0.1) is 26.0 Å². The molecule has 2 aromatic rings. The molecular weight excluding hydrogens is 424 g/mol. The lowest BCUT2D eigenvalue weighted by atomic mass is 10.0. The summed E-state index contributed by atoms with van der Waals surface area (Å²) in [5.74, 6) is 7.18. The van der Waals surface area contributed by atoms with E-state index in [2.05, 4.69) is 62.9 Å². The highest BCUT2D eigenvalue weighted by atomic mass is 16.5. The van der Waals surface area contributed by atoms with Crippen LogP contribution in [0, 0.1) is 11.8 Å². The van der Waals surface area contributed by atoms with Gasteiger partial charge in [0.15, 0.2) is 0 Å². The van der Waals surface area contributed by atoms with Gasteiger partial charge in [0.25, 0.3) is 0 Å². The van der Waals surface area contributed by atoms with Gasteiger partial charge in [-0.05, 0) is 49.1 Å². The van der Waals surface area contributed by atoms with E-state index in [4.69, 9.17) is 9.47 Å². The lowest BCUT2D eigenvalue weighted by Crippen LogP contribution is -2.36. The number of hydrogen-bond donors (Lipinski definition) is 1. The fraction of sp³-hybridized carbons (Fsp3) is 0.357. The van der Waals surface area contributed by atoms with Crippen molar-refractivity contribution in [2.45, 2.75) is 19.8 Å². The van der Waals surface area contributed by atoms with Crippen LogP contribution in [0.2, 0.25) is 0 Å². The smallest absolute Gasteiger partial charge is 0.212 e. The van der Waals surface area contributed by atoms with E-state index >= 15 is 0 Å². The van der Waals surface area contributed by atoms with Crippen molar-refractivity contribution in [1.82, 2.24) is 10.3 Å².